The van der Waals surface area contributed by atoms with Gasteiger partial charge in [0.25, 0.3) is 11.8 Å². The number of oxazole rings is 1. The van der Waals surface area contributed by atoms with Crippen molar-refractivity contribution in [2.75, 3.05) is 47.8 Å². The molecule has 2 fully saturated rings. The lowest BCUT2D eigenvalue weighted by Gasteiger charge is -2.38. The number of thiazole rings is 1. The topological polar surface area (TPSA) is 104 Å². The molecule has 2 aromatic carbocycles. The minimum atomic E-state index is -0.346. The van der Waals surface area contributed by atoms with Crippen LogP contribution < -0.4 is 20.4 Å². The number of nitrogens with one attached hydrogen (secondary N) is 2. The van der Waals surface area contributed by atoms with Gasteiger partial charge < -0.3 is 24.9 Å². The second-order valence-corrected chi connectivity index (χ2v) is 11.6. The molecule has 2 aliphatic rings. The van der Waals surface area contributed by atoms with Crippen molar-refractivity contribution in [3.8, 4) is 0 Å². The summed E-state index contributed by atoms with van der Waals surface area (Å²) < 4.78 is 5.55. The molecule has 2 N–H and O–H groups in total. The summed E-state index contributed by atoms with van der Waals surface area (Å²) in [6.45, 7) is 5.97. The zero-order valence-electron chi connectivity index (χ0n) is 23.1. The van der Waals surface area contributed by atoms with Gasteiger partial charge in [-0.25, -0.2) is 9.97 Å². The number of hydrogen-bond acceptors (Lipinski definition) is 8. The van der Waals surface area contributed by atoms with Crippen molar-refractivity contribution in [2.24, 2.45) is 0 Å². The number of nitrogens with zero attached hydrogens (tertiary/aromatic N) is 4. The number of rotatable bonds is 10. The number of piperazine rings is 1. The maximum atomic E-state index is 13.2. The van der Waals surface area contributed by atoms with Crippen LogP contribution in [-0.2, 0) is 6.42 Å². The summed E-state index contributed by atoms with van der Waals surface area (Å²) >= 11 is 1.62. The van der Waals surface area contributed by atoms with Gasteiger partial charge >= 0.3 is 0 Å². The van der Waals surface area contributed by atoms with Crippen LogP contribution in [0.2, 0.25) is 0 Å². The third kappa shape index (κ3) is 6.43. The summed E-state index contributed by atoms with van der Waals surface area (Å²) in [6, 6.07) is 14.0. The van der Waals surface area contributed by atoms with Crippen molar-refractivity contribution in [1.82, 2.24) is 15.3 Å². The molecule has 0 radical (unpaired) electrons. The fraction of sp³-hybridized carbons (Fsp3) is 0.355. The highest BCUT2D eigenvalue weighted by Gasteiger charge is 2.30. The van der Waals surface area contributed by atoms with Gasteiger partial charge in [-0.2, -0.15) is 0 Å². The Morgan fingerprint density at radius 1 is 1.02 bits per heavy atom. The number of aryl methyl sites for hydroxylation is 2. The summed E-state index contributed by atoms with van der Waals surface area (Å²) in [5, 5.41) is 9.05. The molecule has 0 atom stereocenters. The van der Waals surface area contributed by atoms with E-state index >= 15 is 0 Å². The average molecular weight is 571 g/mol. The third-order valence-electron chi connectivity index (χ3n) is 7.60. The Hall–Kier alpha value is -4.18. The van der Waals surface area contributed by atoms with Crippen LogP contribution >= 0.6 is 11.3 Å². The van der Waals surface area contributed by atoms with Crippen molar-refractivity contribution in [3.05, 3.63) is 88.0 Å². The highest BCUT2D eigenvalue weighted by Crippen LogP contribution is 2.39. The number of benzene rings is 2. The second-order valence-electron chi connectivity index (χ2n) is 10.6. The van der Waals surface area contributed by atoms with Crippen LogP contribution in [0.15, 0.2) is 64.7 Å². The molecule has 3 heterocycles. The third-order valence-corrected chi connectivity index (χ3v) is 8.44. The van der Waals surface area contributed by atoms with Gasteiger partial charge in [0.05, 0.1) is 16.4 Å². The standard InChI is InChI=1S/C31H34N6O3S/c1-21-5-2-3-6-26(21)36-14-16-37(17-15-36)27-11-10-23(29(38)33-12-4-7-28-32-13-18-41-28)19-24(27)34-30(39)25-20-40-31(35-25)22-8-9-22/h2-3,5-6,10-11,13,18-20,22H,4,7-9,12,14-17H2,1H3,(H,33,38)(H,34,39). The molecule has 6 rings (SSSR count). The molecule has 10 heteroatoms. The molecule has 2 aromatic heterocycles. The summed E-state index contributed by atoms with van der Waals surface area (Å²) in [5.74, 6) is 0.419. The summed E-state index contributed by atoms with van der Waals surface area (Å²) in [4.78, 5) is 39.6. The molecular formula is C31H34N6O3S. The zero-order valence-corrected chi connectivity index (χ0v) is 24.0. The van der Waals surface area contributed by atoms with Crippen LogP contribution in [0.25, 0.3) is 0 Å². The van der Waals surface area contributed by atoms with Gasteiger partial charge in [-0.1, -0.05) is 18.2 Å². The largest absolute Gasteiger partial charge is 0.448 e. The molecule has 1 saturated carbocycles. The number of hydrogen-bond donors (Lipinski definition) is 2. The summed E-state index contributed by atoms with van der Waals surface area (Å²) in [6.07, 6.45) is 6.93. The second kappa shape index (κ2) is 12.1. The molecule has 41 heavy (non-hydrogen) atoms. The Labute approximate surface area is 243 Å². The highest BCUT2D eigenvalue weighted by atomic mass is 32.1. The Morgan fingerprint density at radius 2 is 1.80 bits per heavy atom. The van der Waals surface area contributed by atoms with E-state index in [-0.39, 0.29) is 17.5 Å². The summed E-state index contributed by atoms with van der Waals surface area (Å²) in [5.41, 5.74) is 4.73. The number of aromatic nitrogens is 2. The predicted molar refractivity (Wildman–Crippen MR) is 161 cm³/mol. The van der Waals surface area contributed by atoms with Crippen LogP contribution in [0.4, 0.5) is 17.1 Å². The van der Waals surface area contributed by atoms with Gasteiger partial charge in [-0.3, -0.25) is 9.59 Å². The van der Waals surface area contributed by atoms with Gasteiger partial charge in [-0.15, -0.1) is 11.3 Å². The fourth-order valence-corrected chi connectivity index (χ4v) is 5.84. The van der Waals surface area contributed by atoms with Crippen LogP contribution in [0.3, 0.4) is 0 Å². The first kappa shape index (κ1) is 27.0. The molecule has 1 aliphatic carbocycles. The highest BCUT2D eigenvalue weighted by molar-refractivity contribution is 7.09. The van der Waals surface area contributed by atoms with Crippen molar-refractivity contribution < 1.29 is 14.0 Å². The number of anilines is 3. The first-order valence-corrected chi connectivity index (χ1v) is 15.1. The van der Waals surface area contributed by atoms with E-state index in [1.807, 2.05) is 17.5 Å². The van der Waals surface area contributed by atoms with Gasteiger partial charge in [0.15, 0.2) is 11.6 Å². The molecule has 0 unspecified atom stereocenters. The Balaban J connectivity index is 1.17. The fourth-order valence-electron chi connectivity index (χ4n) is 5.18. The van der Waals surface area contributed by atoms with E-state index in [4.69, 9.17) is 4.42 Å². The van der Waals surface area contributed by atoms with E-state index in [0.717, 1.165) is 62.6 Å². The molecule has 4 aromatic rings. The molecular weight excluding hydrogens is 536 g/mol. The summed E-state index contributed by atoms with van der Waals surface area (Å²) in [7, 11) is 0. The van der Waals surface area contributed by atoms with Crippen LogP contribution in [0.5, 0.6) is 0 Å². The Morgan fingerprint density at radius 3 is 2.54 bits per heavy atom. The smallest absolute Gasteiger partial charge is 0.277 e. The Bertz CT molecular complexity index is 1510. The molecule has 2 amide bonds. The van der Waals surface area contributed by atoms with E-state index in [2.05, 4.69) is 61.6 Å². The molecule has 0 bridgehead atoms. The average Bonchev–Trinajstić information content (AvgIpc) is 3.48. The lowest BCUT2D eigenvalue weighted by Crippen LogP contribution is -2.47. The monoisotopic (exact) mass is 570 g/mol. The van der Waals surface area contributed by atoms with Crippen LogP contribution in [-0.4, -0.2) is 54.5 Å². The van der Waals surface area contributed by atoms with Gasteiger partial charge in [0.2, 0.25) is 0 Å². The SMILES string of the molecule is Cc1ccccc1N1CCN(c2ccc(C(=O)NCCCc3nccs3)cc2NC(=O)c2coc(C3CC3)n2)CC1. The predicted octanol–water partition coefficient (Wildman–Crippen LogP) is 5.26. The number of amides is 2. The number of carbonyl (C=O) groups excluding carboxylic acids is 2. The van der Waals surface area contributed by atoms with E-state index in [9.17, 15) is 9.59 Å². The first-order valence-electron chi connectivity index (χ1n) is 14.2. The van der Waals surface area contributed by atoms with Crippen molar-refractivity contribution in [2.45, 2.75) is 38.5 Å². The molecule has 1 saturated heterocycles. The maximum absolute atomic E-state index is 13.2. The van der Waals surface area contributed by atoms with Crippen LogP contribution in [0.1, 0.15) is 62.5 Å². The molecule has 9 nitrogen and oxygen atoms in total. The van der Waals surface area contributed by atoms with Crippen molar-refractivity contribution >= 4 is 40.2 Å². The maximum Gasteiger partial charge on any atom is 0.277 e. The van der Waals surface area contributed by atoms with E-state index in [1.165, 1.54) is 17.5 Å². The zero-order chi connectivity index (χ0) is 28.2. The van der Waals surface area contributed by atoms with Gasteiger partial charge in [0, 0.05) is 67.9 Å². The van der Waals surface area contributed by atoms with E-state index in [0.29, 0.717) is 29.6 Å². The minimum Gasteiger partial charge on any atom is -0.448 e. The van der Waals surface area contributed by atoms with E-state index in [1.54, 1.807) is 23.6 Å². The first-order chi connectivity index (χ1) is 20.0. The van der Waals surface area contributed by atoms with Gasteiger partial charge in [-0.05, 0) is 56.0 Å². The van der Waals surface area contributed by atoms with Crippen molar-refractivity contribution in [3.63, 3.8) is 0 Å². The molecule has 0 spiro atoms. The Kier molecular flexibility index (Phi) is 8.00. The normalized spacial score (nSPS) is 15.1. The van der Waals surface area contributed by atoms with Crippen molar-refractivity contribution in [1.29, 1.82) is 0 Å². The lowest BCUT2D eigenvalue weighted by atomic mass is 10.1. The number of para-hydroxylation sites is 1. The molecule has 212 valence electrons. The minimum absolute atomic E-state index is 0.173. The quantitative estimate of drug-likeness (QED) is 0.251. The van der Waals surface area contributed by atoms with Gasteiger partial charge in [0.1, 0.15) is 6.26 Å². The van der Waals surface area contributed by atoms with Crippen LogP contribution in [0, 0.1) is 6.92 Å². The molecule has 1 aliphatic heterocycles. The van der Waals surface area contributed by atoms with E-state index < -0.39 is 0 Å². The number of carbonyl (C=O) groups is 2. The lowest BCUT2D eigenvalue weighted by molar-refractivity contribution is 0.0951.